The highest BCUT2D eigenvalue weighted by Gasteiger charge is 2.52. The number of ether oxygens (including phenoxy) is 1. The molecule has 4 heteroatoms. The van der Waals surface area contributed by atoms with Gasteiger partial charge in [0.15, 0.2) is 0 Å². The predicted octanol–water partition coefficient (Wildman–Crippen LogP) is 2.77. The third-order valence-corrected chi connectivity index (χ3v) is 4.60. The SMILES string of the molecule is CC1(C)OB(c2ccccc2OCC2CC2)OC1(C)C. The topological polar surface area (TPSA) is 27.7 Å². The molecule has 3 nitrogen and oxygen atoms in total. The van der Waals surface area contributed by atoms with E-state index in [-0.39, 0.29) is 18.3 Å². The molecule has 0 unspecified atom stereocenters. The highest BCUT2D eigenvalue weighted by Crippen LogP contribution is 2.37. The summed E-state index contributed by atoms with van der Waals surface area (Å²) in [5.74, 6) is 1.62. The molecule has 108 valence electrons. The minimum atomic E-state index is -0.351. The van der Waals surface area contributed by atoms with Crippen LogP contribution in [0.25, 0.3) is 0 Å². The van der Waals surface area contributed by atoms with E-state index in [9.17, 15) is 0 Å². The van der Waals surface area contributed by atoms with Crippen molar-refractivity contribution in [3.8, 4) is 5.75 Å². The Morgan fingerprint density at radius 2 is 1.70 bits per heavy atom. The lowest BCUT2D eigenvalue weighted by molar-refractivity contribution is 0.00578. The van der Waals surface area contributed by atoms with Crippen LogP contribution >= 0.6 is 0 Å². The lowest BCUT2D eigenvalue weighted by atomic mass is 9.78. The lowest BCUT2D eigenvalue weighted by Crippen LogP contribution is -2.41. The zero-order valence-corrected chi connectivity index (χ0v) is 12.8. The van der Waals surface area contributed by atoms with Crippen LogP contribution in [-0.2, 0) is 9.31 Å². The summed E-state index contributed by atoms with van der Waals surface area (Å²) in [4.78, 5) is 0. The summed E-state index contributed by atoms with van der Waals surface area (Å²) >= 11 is 0. The van der Waals surface area contributed by atoms with Crippen molar-refractivity contribution in [3.63, 3.8) is 0 Å². The average Bonchev–Trinajstić information content (AvgIpc) is 3.15. The van der Waals surface area contributed by atoms with Gasteiger partial charge in [-0.15, -0.1) is 0 Å². The van der Waals surface area contributed by atoms with Gasteiger partial charge in [-0.2, -0.15) is 0 Å². The molecule has 1 saturated heterocycles. The van der Waals surface area contributed by atoms with Gasteiger partial charge in [-0.25, -0.2) is 0 Å². The monoisotopic (exact) mass is 274 g/mol. The number of hydrogen-bond donors (Lipinski definition) is 0. The van der Waals surface area contributed by atoms with Crippen molar-refractivity contribution in [2.75, 3.05) is 6.61 Å². The van der Waals surface area contributed by atoms with Crippen LogP contribution in [0.1, 0.15) is 40.5 Å². The fourth-order valence-corrected chi connectivity index (χ4v) is 2.27. The third kappa shape index (κ3) is 2.59. The maximum Gasteiger partial charge on any atom is 0.498 e. The van der Waals surface area contributed by atoms with E-state index in [2.05, 4.69) is 27.7 Å². The van der Waals surface area contributed by atoms with Gasteiger partial charge in [-0.3, -0.25) is 0 Å². The largest absolute Gasteiger partial charge is 0.498 e. The average molecular weight is 274 g/mol. The van der Waals surface area contributed by atoms with Crippen molar-refractivity contribution in [1.29, 1.82) is 0 Å². The number of rotatable bonds is 4. The minimum absolute atomic E-state index is 0.318. The Bertz CT molecular complexity index is 478. The fraction of sp³-hybridized carbons (Fsp3) is 0.625. The second-order valence-corrected chi connectivity index (χ2v) is 6.88. The molecule has 1 aromatic rings. The molecule has 0 N–H and O–H groups in total. The molecule has 3 rings (SSSR count). The van der Waals surface area contributed by atoms with Gasteiger partial charge >= 0.3 is 7.12 Å². The van der Waals surface area contributed by atoms with E-state index in [1.165, 1.54) is 12.8 Å². The van der Waals surface area contributed by atoms with E-state index < -0.39 is 0 Å². The second kappa shape index (κ2) is 4.78. The molecule has 1 aromatic carbocycles. The quantitative estimate of drug-likeness (QED) is 0.790. The molecule has 2 fully saturated rings. The molecule has 0 amide bonds. The van der Waals surface area contributed by atoms with Crippen molar-refractivity contribution in [2.45, 2.75) is 51.7 Å². The van der Waals surface area contributed by atoms with E-state index in [4.69, 9.17) is 14.0 Å². The fourth-order valence-electron chi connectivity index (χ4n) is 2.27. The van der Waals surface area contributed by atoms with Crippen LogP contribution in [0.3, 0.4) is 0 Å². The van der Waals surface area contributed by atoms with Gasteiger partial charge in [0.25, 0.3) is 0 Å². The van der Waals surface area contributed by atoms with Gasteiger partial charge in [0.1, 0.15) is 5.75 Å². The van der Waals surface area contributed by atoms with Crippen LogP contribution in [0.4, 0.5) is 0 Å². The summed E-state index contributed by atoms with van der Waals surface area (Å²) in [7, 11) is -0.351. The number of hydrogen-bond acceptors (Lipinski definition) is 3. The van der Waals surface area contributed by atoms with Crippen molar-refractivity contribution >= 4 is 12.6 Å². The van der Waals surface area contributed by atoms with E-state index in [0.717, 1.165) is 23.7 Å². The first-order chi connectivity index (χ1) is 9.39. The van der Waals surface area contributed by atoms with Gasteiger partial charge in [0.05, 0.1) is 17.8 Å². The van der Waals surface area contributed by atoms with Crippen LogP contribution in [0.5, 0.6) is 5.75 Å². The van der Waals surface area contributed by atoms with Crippen LogP contribution in [0.2, 0.25) is 0 Å². The molecule has 0 bridgehead atoms. The van der Waals surface area contributed by atoms with E-state index in [1.807, 2.05) is 24.3 Å². The molecule has 0 aromatic heterocycles. The van der Waals surface area contributed by atoms with E-state index in [1.54, 1.807) is 0 Å². The standard InChI is InChI=1S/C16H23BO3/c1-15(2)16(3,4)20-17(19-15)13-7-5-6-8-14(13)18-11-12-9-10-12/h5-8,12H,9-11H2,1-4H3. The van der Waals surface area contributed by atoms with Crippen LogP contribution < -0.4 is 10.2 Å². The molecular formula is C16H23BO3. The molecule has 1 saturated carbocycles. The summed E-state index contributed by atoms with van der Waals surface area (Å²) < 4.78 is 18.2. The van der Waals surface area contributed by atoms with Crippen molar-refractivity contribution in [1.82, 2.24) is 0 Å². The van der Waals surface area contributed by atoms with E-state index >= 15 is 0 Å². The third-order valence-electron chi connectivity index (χ3n) is 4.60. The van der Waals surface area contributed by atoms with Gasteiger partial charge in [0.2, 0.25) is 0 Å². The zero-order valence-electron chi connectivity index (χ0n) is 12.8. The summed E-state index contributed by atoms with van der Waals surface area (Å²) in [6, 6.07) is 8.04. The summed E-state index contributed by atoms with van der Waals surface area (Å²) in [6.45, 7) is 9.08. The Labute approximate surface area is 121 Å². The Hall–Kier alpha value is -0.995. The number of benzene rings is 1. The molecule has 0 atom stereocenters. The highest BCUT2D eigenvalue weighted by molar-refractivity contribution is 6.63. The van der Waals surface area contributed by atoms with Crippen LogP contribution in [0, 0.1) is 5.92 Å². The summed E-state index contributed by atoms with van der Waals surface area (Å²) in [6.07, 6.45) is 2.58. The van der Waals surface area contributed by atoms with Gasteiger partial charge in [-0.05, 0) is 52.5 Å². The first-order valence-electron chi connectivity index (χ1n) is 7.46. The van der Waals surface area contributed by atoms with Gasteiger partial charge < -0.3 is 14.0 Å². The minimum Gasteiger partial charge on any atom is -0.494 e. The Kier molecular flexibility index (Phi) is 3.34. The molecule has 20 heavy (non-hydrogen) atoms. The molecule has 0 spiro atoms. The zero-order chi connectivity index (χ0) is 14.4. The number of para-hydroxylation sites is 1. The van der Waals surface area contributed by atoms with E-state index in [0.29, 0.717) is 0 Å². The van der Waals surface area contributed by atoms with Gasteiger partial charge in [-0.1, -0.05) is 18.2 Å². The molecule has 2 aliphatic rings. The van der Waals surface area contributed by atoms with Crippen LogP contribution in [-0.4, -0.2) is 24.9 Å². The van der Waals surface area contributed by atoms with Crippen molar-refractivity contribution in [2.24, 2.45) is 5.92 Å². The normalized spacial score (nSPS) is 23.9. The molecule has 0 radical (unpaired) electrons. The highest BCUT2D eigenvalue weighted by atomic mass is 16.7. The van der Waals surface area contributed by atoms with Crippen LogP contribution in [0.15, 0.2) is 24.3 Å². The molecule has 1 aliphatic heterocycles. The van der Waals surface area contributed by atoms with Crippen molar-refractivity contribution < 1.29 is 14.0 Å². The maximum absolute atomic E-state index is 6.11. The molecular weight excluding hydrogens is 251 g/mol. The smallest absolute Gasteiger partial charge is 0.494 e. The Balaban J connectivity index is 1.79. The summed E-state index contributed by atoms with van der Waals surface area (Å²) in [5, 5.41) is 0. The van der Waals surface area contributed by atoms with Crippen molar-refractivity contribution in [3.05, 3.63) is 24.3 Å². The summed E-state index contributed by atoms with van der Waals surface area (Å²) in [5.41, 5.74) is 0.356. The Morgan fingerprint density at radius 3 is 2.30 bits per heavy atom. The molecule has 1 aliphatic carbocycles. The Morgan fingerprint density at radius 1 is 1.10 bits per heavy atom. The first kappa shape index (κ1) is 14.0. The predicted molar refractivity (Wildman–Crippen MR) is 80.4 cm³/mol. The second-order valence-electron chi connectivity index (χ2n) is 6.88. The molecule has 1 heterocycles. The lowest BCUT2D eigenvalue weighted by Gasteiger charge is -2.32. The van der Waals surface area contributed by atoms with Gasteiger partial charge in [0, 0.05) is 5.46 Å². The first-order valence-corrected chi connectivity index (χ1v) is 7.46. The maximum atomic E-state index is 6.11.